The van der Waals surface area contributed by atoms with E-state index in [1.165, 1.54) is 57.8 Å². The highest BCUT2D eigenvalue weighted by atomic mass is 14.0. The maximum atomic E-state index is 2.41. The highest BCUT2D eigenvalue weighted by molar-refractivity contribution is 4.88. The Morgan fingerprint density at radius 3 is 1.64 bits per heavy atom. The summed E-state index contributed by atoms with van der Waals surface area (Å²) in [4.78, 5) is 0. The molecule has 0 nitrogen and oxygen atoms in total. The number of allylic oxidation sites excluding steroid dienone is 4. The van der Waals surface area contributed by atoms with Crippen molar-refractivity contribution in [1.29, 1.82) is 0 Å². The third kappa shape index (κ3) is 6.94. The van der Waals surface area contributed by atoms with E-state index in [0.29, 0.717) is 0 Å². The van der Waals surface area contributed by atoms with Gasteiger partial charge in [-0.15, -0.1) is 0 Å². The first-order valence-corrected chi connectivity index (χ1v) is 6.12. The minimum absolute atomic E-state index is 1.18. The van der Waals surface area contributed by atoms with E-state index in [4.69, 9.17) is 0 Å². The monoisotopic (exact) mass is 191 g/mol. The molecule has 0 N–H and O–H groups in total. The van der Waals surface area contributed by atoms with E-state index in [-0.39, 0.29) is 0 Å². The zero-order valence-electron chi connectivity index (χ0n) is 9.25. The zero-order valence-corrected chi connectivity index (χ0v) is 9.25. The lowest BCUT2D eigenvalue weighted by Crippen LogP contribution is -1.79. The van der Waals surface area contributed by atoms with Crippen molar-refractivity contribution in [2.24, 2.45) is 0 Å². The van der Waals surface area contributed by atoms with E-state index in [0.717, 1.165) is 0 Å². The van der Waals surface area contributed by atoms with E-state index >= 15 is 0 Å². The Hall–Kier alpha value is -0.520. The molecule has 0 fully saturated rings. The number of hydrogen-bond acceptors (Lipinski definition) is 0. The van der Waals surface area contributed by atoms with Crippen molar-refractivity contribution >= 4 is 0 Å². The third-order valence-electron chi connectivity index (χ3n) is 2.66. The molecule has 0 bridgehead atoms. The van der Waals surface area contributed by atoms with Crippen molar-refractivity contribution in [3.8, 4) is 0 Å². The van der Waals surface area contributed by atoms with Crippen molar-refractivity contribution in [2.45, 2.75) is 57.8 Å². The molecule has 0 unspecified atom stereocenters. The molecule has 14 heavy (non-hydrogen) atoms. The Morgan fingerprint density at radius 1 is 0.500 bits per heavy atom. The van der Waals surface area contributed by atoms with E-state index in [2.05, 4.69) is 30.7 Å². The molecule has 1 rings (SSSR count). The second kappa shape index (κ2) is 9.05. The summed E-state index contributed by atoms with van der Waals surface area (Å²) >= 11 is 0. The second-order valence-corrected chi connectivity index (χ2v) is 4.04. The van der Waals surface area contributed by atoms with Gasteiger partial charge in [0.15, 0.2) is 0 Å². The van der Waals surface area contributed by atoms with E-state index in [1.807, 2.05) is 0 Å². The first-order chi connectivity index (χ1) is 7.00. The van der Waals surface area contributed by atoms with Crippen molar-refractivity contribution in [1.82, 2.24) is 0 Å². The molecule has 0 heterocycles. The molecule has 79 valence electrons. The summed E-state index contributed by atoms with van der Waals surface area (Å²) in [5.41, 5.74) is 0. The molecule has 0 heteroatoms. The summed E-state index contributed by atoms with van der Waals surface area (Å²) in [6.45, 7) is 0. The molecule has 0 aromatic heterocycles. The van der Waals surface area contributed by atoms with Crippen LogP contribution in [-0.4, -0.2) is 0 Å². The summed E-state index contributed by atoms with van der Waals surface area (Å²) in [5.74, 6) is 0. The van der Waals surface area contributed by atoms with Gasteiger partial charge in [0.1, 0.15) is 0 Å². The van der Waals surface area contributed by atoms with E-state index < -0.39 is 0 Å². The minimum atomic E-state index is 1.18. The van der Waals surface area contributed by atoms with Gasteiger partial charge in [-0.05, 0) is 57.8 Å². The van der Waals surface area contributed by atoms with Gasteiger partial charge in [0.25, 0.3) is 0 Å². The van der Waals surface area contributed by atoms with Crippen LogP contribution in [0.25, 0.3) is 0 Å². The standard InChI is InChI=1S/C14H23/c1-2-4-6-8-10-12-14-13-11-9-7-5-3-1/h1-2,5,12,14H,3-4,6-11,13H2/b2-1-,14-12+. The predicted octanol–water partition coefficient (Wildman–Crippen LogP) is 4.83. The Morgan fingerprint density at radius 2 is 1.00 bits per heavy atom. The van der Waals surface area contributed by atoms with Gasteiger partial charge in [-0.1, -0.05) is 30.7 Å². The van der Waals surface area contributed by atoms with Gasteiger partial charge >= 0.3 is 0 Å². The average Bonchev–Trinajstić information content (AvgIpc) is 2.22. The molecule has 0 aromatic rings. The largest absolute Gasteiger partial charge is 0.0885 e. The van der Waals surface area contributed by atoms with Crippen LogP contribution in [0.1, 0.15) is 57.8 Å². The lowest BCUT2D eigenvalue weighted by Gasteiger charge is -1.98. The lowest BCUT2D eigenvalue weighted by molar-refractivity contribution is 0.719. The Kier molecular flexibility index (Phi) is 7.47. The maximum Gasteiger partial charge on any atom is -0.0319 e. The smallest absolute Gasteiger partial charge is 0.0319 e. The molecule has 0 spiro atoms. The predicted molar refractivity (Wildman–Crippen MR) is 64.1 cm³/mol. The summed E-state index contributed by atoms with van der Waals surface area (Å²) in [5, 5.41) is 0. The molecule has 0 saturated heterocycles. The van der Waals surface area contributed by atoms with Gasteiger partial charge in [0, 0.05) is 0 Å². The van der Waals surface area contributed by atoms with Crippen molar-refractivity contribution in [3.63, 3.8) is 0 Å². The minimum Gasteiger partial charge on any atom is -0.0885 e. The lowest BCUT2D eigenvalue weighted by atomic mass is 10.1. The SMILES string of the molecule is [CH]1C/C=C\CCCC/C=C/CCCC1. The fraction of sp³-hybridized carbons (Fsp3) is 0.643. The average molecular weight is 191 g/mol. The van der Waals surface area contributed by atoms with E-state index in [1.54, 1.807) is 0 Å². The molecule has 1 aliphatic rings. The van der Waals surface area contributed by atoms with E-state index in [9.17, 15) is 0 Å². The van der Waals surface area contributed by atoms with Crippen LogP contribution in [-0.2, 0) is 0 Å². The van der Waals surface area contributed by atoms with Gasteiger partial charge in [-0.2, -0.15) is 0 Å². The molecule has 0 amide bonds. The maximum absolute atomic E-state index is 2.41. The fourth-order valence-electron chi connectivity index (χ4n) is 1.74. The van der Waals surface area contributed by atoms with Gasteiger partial charge < -0.3 is 0 Å². The normalized spacial score (nSPS) is 26.3. The van der Waals surface area contributed by atoms with Crippen LogP contribution < -0.4 is 0 Å². The number of rotatable bonds is 0. The molecular formula is C14H23. The van der Waals surface area contributed by atoms with Crippen molar-refractivity contribution in [2.75, 3.05) is 0 Å². The van der Waals surface area contributed by atoms with Crippen LogP contribution in [0.3, 0.4) is 0 Å². The molecule has 0 saturated carbocycles. The summed E-state index contributed by atoms with van der Waals surface area (Å²) in [7, 11) is 0. The topological polar surface area (TPSA) is 0 Å². The van der Waals surface area contributed by atoms with Crippen LogP contribution in [0.15, 0.2) is 24.3 Å². The highest BCUT2D eigenvalue weighted by Crippen LogP contribution is 2.08. The molecule has 0 atom stereocenters. The van der Waals surface area contributed by atoms with Gasteiger partial charge in [-0.3, -0.25) is 0 Å². The third-order valence-corrected chi connectivity index (χ3v) is 2.66. The van der Waals surface area contributed by atoms with Crippen LogP contribution in [0.4, 0.5) is 0 Å². The molecule has 0 aliphatic heterocycles. The van der Waals surface area contributed by atoms with Crippen LogP contribution >= 0.6 is 0 Å². The van der Waals surface area contributed by atoms with Crippen molar-refractivity contribution < 1.29 is 0 Å². The summed E-state index contributed by atoms with van der Waals surface area (Å²) < 4.78 is 0. The van der Waals surface area contributed by atoms with Crippen LogP contribution in [0, 0.1) is 6.42 Å². The highest BCUT2D eigenvalue weighted by Gasteiger charge is 1.89. The van der Waals surface area contributed by atoms with Crippen LogP contribution in [0.5, 0.6) is 0 Å². The summed E-state index contributed by atoms with van der Waals surface area (Å²) in [6, 6.07) is 0. The fourth-order valence-corrected chi connectivity index (χ4v) is 1.74. The molecular weight excluding hydrogens is 168 g/mol. The second-order valence-electron chi connectivity index (χ2n) is 4.04. The number of hydrogen-bond donors (Lipinski definition) is 0. The quantitative estimate of drug-likeness (QED) is 0.481. The molecule has 0 aromatic carbocycles. The Balaban J connectivity index is 2.16. The summed E-state index contributed by atoms with van der Waals surface area (Å²) in [6.07, 6.45) is 23.5. The van der Waals surface area contributed by atoms with Gasteiger partial charge in [0.05, 0.1) is 0 Å². The Labute approximate surface area is 89.1 Å². The first kappa shape index (κ1) is 11.6. The van der Waals surface area contributed by atoms with Gasteiger partial charge in [-0.25, -0.2) is 0 Å². The Bertz CT molecular complexity index is 145. The molecule has 1 aliphatic carbocycles. The van der Waals surface area contributed by atoms with Crippen molar-refractivity contribution in [3.05, 3.63) is 30.7 Å². The molecule has 1 radical (unpaired) electrons. The van der Waals surface area contributed by atoms with Gasteiger partial charge in [0.2, 0.25) is 0 Å². The first-order valence-electron chi connectivity index (χ1n) is 6.12. The van der Waals surface area contributed by atoms with Crippen LogP contribution in [0.2, 0.25) is 0 Å². The zero-order chi connectivity index (χ0) is 9.90.